The molecule has 2 aromatic rings. The molecule has 4 heteroatoms. The van der Waals surface area contributed by atoms with E-state index in [0.29, 0.717) is 13.0 Å². The summed E-state index contributed by atoms with van der Waals surface area (Å²) in [5.74, 6) is 0.546. The number of unbranched alkanes of at least 4 members (excludes halogenated alkanes) is 2. The summed E-state index contributed by atoms with van der Waals surface area (Å²) in [6.07, 6.45) is 11.7. The first-order valence-electron chi connectivity index (χ1n) is 11.7. The van der Waals surface area contributed by atoms with Crippen LogP contribution in [-0.2, 0) is 9.53 Å². The zero-order valence-electron chi connectivity index (χ0n) is 18.7. The van der Waals surface area contributed by atoms with Gasteiger partial charge in [-0.1, -0.05) is 42.5 Å². The minimum absolute atomic E-state index is 0.125. The van der Waals surface area contributed by atoms with E-state index in [4.69, 9.17) is 9.47 Å². The summed E-state index contributed by atoms with van der Waals surface area (Å²) in [7, 11) is 0. The van der Waals surface area contributed by atoms with E-state index in [1.807, 2.05) is 37.3 Å². The Hall–Kier alpha value is -2.88. The van der Waals surface area contributed by atoms with Crippen molar-refractivity contribution in [2.45, 2.75) is 63.9 Å². The van der Waals surface area contributed by atoms with E-state index in [1.165, 1.54) is 17.7 Å². The predicted molar refractivity (Wildman–Crippen MR) is 125 cm³/mol. The molecule has 4 rings (SSSR count). The zero-order valence-corrected chi connectivity index (χ0v) is 18.7. The van der Waals surface area contributed by atoms with Gasteiger partial charge in [-0.15, -0.1) is 0 Å². The van der Waals surface area contributed by atoms with E-state index in [1.54, 1.807) is 0 Å². The van der Waals surface area contributed by atoms with Gasteiger partial charge in [0.2, 0.25) is 0 Å². The van der Waals surface area contributed by atoms with E-state index in [0.717, 1.165) is 67.4 Å². The van der Waals surface area contributed by atoms with Crippen LogP contribution in [-0.4, -0.2) is 18.2 Å². The van der Waals surface area contributed by atoms with Crippen LogP contribution in [0.1, 0.15) is 69.4 Å². The second kappa shape index (κ2) is 10.2. The first-order valence-corrected chi connectivity index (χ1v) is 11.7. The Kier molecular flexibility index (Phi) is 7.09. The number of benzene rings is 2. The molecule has 168 valence electrons. The summed E-state index contributed by atoms with van der Waals surface area (Å²) in [6.45, 7) is 2.26. The molecule has 1 saturated carbocycles. The average Bonchev–Trinajstić information content (AvgIpc) is 3.26. The van der Waals surface area contributed by atoms with Crippen molar-refractivity contribution in [1.29, 1.82) is 0 Å². The lowest BCUT2D eigenvalue weighted by atomic mass is 9.79. The van der Waals surface area contributed by atoms with Crippen LogP contribution in [0.15, 0.2) is 66.3 Å². The third-order valence-corrected chi connectivity index (χ3v) is 6.36. The lowest BCUT2D eigenvalue weighted by Crippen LogP contribution is -2.38. The van der Waals surface area contributed by atoms with Gasteiger partial charge in [0.05, 0.1) is 6.61 Å². The van der Waals surface area contributed by atoms with Gasteiger partial charge in [0.1, 0.15) is 17.2 Å². The number of ether oxygens (including phenoxy) is 2. The van der Waals surface area contributed by atoms with Crippen molar-refractivity contribution in [3.63, 3.8) is 0 Å². The largest absolute Gasteiger partial charge is 0.482 e. The SMILES string of the molecule is CCOC(=O)CCCC/C=C/C1=C(c2ccc(F)cc2)c2ccccc2OC12CCCC2. The van der Waals surface area contributed by atoms with Gasteiger partial charge in [-0.25, -0.2) is 4.39 Å². The summed E-state index contributed by atoms with van der Waals surface area (Å²) in [5, 5.41) is 0. The van der Waals surface area contributed by atoms with Gasteiger partial charge in [0, 0.05) is 17.6 Å². The van der Waals surface area contributed by atoms with E-state index in [2.05, 4.69) is 18.2 Å². The van der Waals surface area contributed by atoms with Crippen LogP contribution in [0.2, 0.25) is 0 Å². The number of esters is 1. The Morgan fingerprint density at radius 2 is 1.84 bits per heavy atom. The Labute approximate surface area is 189 Å². The molecule has 0 amide bonds. The molecule has 32 heavy (non-hydrogen) atoms. The Bertz CT molecular complexity index is 998. The molecule has 2 aromatic carbocycles. The molecule has 3 nitrogen and oxygen atoms in total. The lowest BCUT2D eigenvalue weighted by molar-refractivity contribution is -0.143. The molecule has 1 aliphatic carbocycles. The van der Waals surface area contributed by atoms with E-state index in [9.17, 15) is 9.18 Å². The lowest BCUT2D eigenvalue weighted by Gasteiger charge is -2.39. The molecule has 0 atom stereocenters. The molecule has 2 aliphatic rings. The standard InChI is InChI=1S/C28H31FO3/c1-2-31-26(30)14-6-4-3-5-12-24-27(21-15-17-22(29)18-16-21)23-11-7-8-13-25(23)32-28(24)19-9-10-20-28/h5,7-8,11-13,15-18H,2-4,6,9-10,14,19-20H2,1H3/b12-5+. The number of allylic oxidation sites excluding steroid dienone is 1. The third-order valence-electron chi connectivity index (χ3n) is 6.36. The highest BCUT2D eigenvalue weighted by Gasteiger charge is 2.44. The first-order chi connectivity index (χ1) is 15.6. The highest BCUT2D eigenvalue weighted by Crippen LogP contribution is 2.50. The zero-order chi connectivity index (χ0) is 22.4. The van der Waals surface area contributed by atoms with Crippen LogP contribution < -0.4 is 4.74 Å². The van der Waals surface area contributed by atoms with Crippen LogP contribution in [0.25, 0.3) is 5.57 Å². The molecule has 1 spiro atoms. The highest BCUT2D eigenvalue weighted by atomic mass is 19.1. The van der Waals surface area contributed by atoms with Crippen molar-refractivity contribution in [3.05, 3.63) is 83.2 Å². The van der Waals surface area contributed by atoms with Crippen molar-refractivity contribution in [3.8, 4) is 5.75 Å². The fourth-order valence-electron chi connectivity index (χ4n) is 4.85. The third kappa shape index (κ3) is 4.79. The van der Waals surface area contributed by atoms with Crippen molar-refractivity contribution in [2.75, 3.05) is 6.61 Å². The van der Waals surface area contributed by atoms with Crippen LogP contribution in [0.3, 0.4) is 0 Å². The molecule has 1 aliphatic heterocycles. The average molecular weight is 435 g/mol. The van der Waals surface area contributed by atoms with Gasteiger partial charge in [-0.05, 0) is 81.2 Å². The molecular formula is C28H31FO3. The summed E-state index contributed by atoms with van der Waals surface area (Å²) in [5.41, 5.74) is 4.05. The molecular weight excluding hydrogens is 403 g/mol. The van der Waals surface area contributed by atoms with Crippen molar-refractivity contribution < 1.29 is 18.7 Å². The highest BCUT2D eigenvalue weighted by molar-refractivity contribution is 5.88. The molecule has 0 saturated heterocycles. The number of carbonyl (C=O) groups is 1. The Balaban J connectivity index is 1.65. The minimum atomic E-state index is -0.334. The summed E-state index contributed by atoms with van der Waals surface area (Å²) >= 11 is 0. The fourth-order valence-corrected chi connectivity index (χ4v) is 4.85. The number of carbonyl (C=O) groups excluding carboxylic acids is 1. The van der Waals surface area contributed by atoms with Crippen LogP contribution in [0.4, 0.5) is 4.39 Å². The molecule has 0 N–H and O–H groups in total. The number of para-hydroxylation sites is 1. The smallest absolute Gasteiger partial charge is 0.305 e. The van der Waals surface area contributed by atoms with Crippen LogP contribution in [0, 0.1) is 5.82 Å². The van der Waals surface area contributed by atoms with Crippen LogP contribution >= 0.6 is 0 Å². The Morgan fingerprint density at radius 1 is 1.09 bits per heavy atom. The molecule has 0 bridgehead atoms. The molecule has 1 fully saturated rings. The van der Waals surface area contributed by atoms with Gasteiger partial charge < -0.3 is 9.47 Å². The molecule has 1 heterocycles. The second-order valence-electron chi connectivity index (χ2n) is 8.55. The van der Waals surface area contributed by atoms with Crippen LogP contribution in [0.5, 0.6) is 5.75 Å². The number of rotatable bonds is 8. The van der Waals surface area contributed by atoms with E-state index < -0.39 is 0 Å². The van der Waals surface area contributed by atoms with Gasteiger partial charge in [-0.3, -0.25) is 4.79 Å². The number of fused-ring (bicyclic) bond motifs is 1. The topological polar surface area (TPSA) is 35.5 Å². The Morgan fingerprint density at radius 3 is 2.59 bits per heavy atom. The quantitative estimate of drug-likeness (QED) is 0.331. The number of hydrogen-bond acceptors (Lipinski definition) is 3. The maximum absolute atomic E-state index is 13.7. The van der Waals surface area contributed by atoms with Gasteiger partial charge in [-0.2, -0.15) is 0 Å². The number of halogens is 1. The van der Waals surface area contributed by atoms with Gasteiger partial charge >= 0.3 is 5.97 Å². The summed E-state index contributed by atoms with van der Waals surface area (Å²) in [4.78, 5) is 11.5. The van der Waals surface area contributed by atoms with Crippen molar-refractivity contribution >= 4 is 11.5 Å². The fraction of sp³-hybridized carbons (Fsp3) is 0.393. The normalized spacial score (nSPS) is 16.9. The number of hydrogen-bond donors (Lipinski definition) is 0. The molecule has 0 radical (unpaired) electrons. The molecule has 0 unspecified atom stereocenters. The minimum Gasteiger partial charge on any atom is -0.482 e. The summed E-state index contributed by atoms with van der Waals surface area (Å²) in [6, 6.07) is 14.9. The van der Waals surface area contributed by atoms with E-state index in [-0.39, 0.29) is 17.4 Å². The van der Waals surface area contributed by atoms with Gasteiger partial charge in [0.15, 0.2) is 0 Å². The van der Waals surface area contributed by atoms with Crippen molar-refractivity contribution in [1.82, 2.24) is 0 Å². The summed E-state index contributed by atoms with van der Waals surface area (Å²) < 4.78 is 25.3. The molecule has 0 aromatic heterocycles. The van der Waals surface area contributed by atoms with Crippen molar-refractivity contribution in [2.24, 2.45) is 0 Å². The second-order valence-corrected chi connectivity index (χ2v) is 8.55. The maximum Gasteiger partial charge on any atom is 0.305 e. The maximum atomic E-state index is 13.7. The predicted octanol–water partition coefficient (Wildman–Crippen LogP) is 7.01. The van der Waals surface area contributed by atoms with Gasteiger partial charge in [0.25, 0.3) is 0 Å². The van der Waals surface area contributed by atoms with E-state index >= 15 is 0 Å². The monoisotopic (exact) mass is 434 g/mol. The first kappa shape index (κ1) is 22.3.